The molecule has 5 rings (SSSR count). The quantitative estimate of drug-likeness (QED) is 0.411. The van der Waals surface area contributed by atoms with Crippen molar-refractivity contribution in [2.75, 3.05) is 36.5 Å². The second-order valence-corrected chi connectivity index (χ2v) is 12.1. The third kappa shape index (κ3) is 4.42. The lowest BCUT2D eigenvalue weighted by molar-refractivity contribution is 0.0976. The summed E-state index contributed by atoms with van der Waals surface area (Å²) in [5.74, 6) is 1.17. The fourth-order valence-electron chi connectivity index (χ4n) is 5.32. The van der Waals surface area contributed by atoms with Crippen LogP contribution >= 0.6 is 23.4 Å². The monoisotopic (exact) mass is 531 g/mol. The molecule has 0 aliphatic carbocycles. The van der Waals surface area contributed by atoms with E-state index in [9.17, 15) is 5.11 Å². The normalized spacial score (nSPS) is 21.9. The van der Waals surface area contributed by atoms with Crippen LogP contribution in [0.4, 0.5) is 11.6 Å². The molecule has 0 saturated carbocycles. The van der Waals surface area contributed by atoms with Crippen LogP contribution in [0.25, 0.3) is 5.52 Å². The summed E-state index contributed by atoms with van der Waals surface area (Å²) in [6.07, 6.45) is 4.71. The van der Waals surface area contributed by atoms with E-state index in [-0.39, 0.29) is 23.9 Å². The molecule has 2 aliphatic rings. The van der Waals surface area contributed by atoms with Crippen molar-refractivity contribution < 1.29 is 9.84 Å². The van der Waals surface area contributed by atoms with Gasteiger partial charge in [-0.2, -0.15) is 5.10 Å². The number of hydrogen-bond acceptors (Lipinski definition) is 9. The van der Waals surface area contributed by atoms with Gasteiger partial charge in [-0.15, -0.1) is 0 Å². The first-order valence-electron chi connectivity index (χ1n) is 11.7. The number of pyridine rings is 1. The molecule has 2 atom stereocenters. The number of nitrogen functional groups attached to an aromatic ring is 1. The standard InChI is InChI=1S/C23H30ClN7O2SSi/c1-13-22(34-17-3-6-27-20(26)18(17)24)31-16(9-15(10-32)29-31)21(28-13)30-7-4-23(5-8-30)11-33-14(2)19(23)35-12-25/h3,6,9,14,19,32H,4-5,7-8,10-12,25H2,1-2H3,(H2,26,27)/t14-,19?/m0/s1. The molecule has 3 aromatic rings. The number of halogens is 1. The van der Waals surface area contributed by atoms with E-state index in [1.165, 1.54) is 11.8 Å². The number of nitrogens with two attached hydrogens (primary N) is 2. The van der Waals surface area contributed by atoms with Gasteiger partial charge in [0.1, 0.15) is 16.4 Å². The highest BCUT2D eigenvalue weighted by molar-refractivity contribution is 7.99. The number of hydrogen-bond donors (Lipinski definition) is 3. The second-order valence-electron chi connectivity index (χ2n) is 9.28. The van der Waals surface area contributed by atoms with Gasteiger partial charge in [0.25, 0.3) is 0 Å². The van der Waals surface area contributed by atoms with Crippen LogP contribution in [0.5, 0.6) is 0 Å². The van der Waals surface area contributed by atoms with E-state index in [0.29, 0.717) is 16.3 Å². The Bertz CT molecular complexity index is 1230. The summed E-state index contributed by atoms with van der Waals surface area (Å²) in [5.41, 5.74) is 14.9. The molecule has 5 heterocycles. The average molecular weight is 532 g/mol. The number of aliphatic hydroxyl groups excluding tert-OH is 1. The molecule has 1 unspecified atom stereocenters. The Hall–Kier alpha value is -1.89. The van der Waals surface area contributed by atoms with E-state index in [4.69, 9.17) is 32.8 Å². The summed E-state index contributed by atoms with van der Waals surface area (Å²) in [7, 11) is 0.727. The van der Waals surface area contributed by atoms with Gasteiger partial charge < -0.3 is 26.2 Å². The van der Waals surface area contributed by atoms with E-state index in [2.05, 4.69) is 21.9 Å². The highest BCUT2D eigenvalue weighted by Crippen LogP contribution is 2.50. The van der Waals surface area contributed by atoms with E-state index < -0.39 is 0 Å². The lowest BCUT2D eigenvalue weighted by Gasteiger charge is -2.43. The van der Waals surface area contributed by atoms with Gasteiger partial charge in [0, 0.05) is 24.2 Å². The third-order valence-corrected chi connectivity index (χ3v) is 10.7. The maximum absolute atomic E-state index is 9.83. The first-order chi connectivity index (χ1) is 16.9. The minimum absolute atomic E-state index is 0.146. The van der Waals surface area contributed by atoms with Crippen LogP contribution in [0.15, 0.2) is 28.3 Å². The van der Waals surface area contributed by atoms with Crippen molar-refractivity contribution in [3.63, 3.8) is 0 Å². The summed E-state index contributed by atoms with van der Waals surface area (Å²) >= 11 is 7.86. The first kappa shape index (κ1) is 24.8. The lowest BCUT2D eigenvalue weighted by atomic mass is 9.76. The maximum atomic E-state index is 9.83. The second kappa shape index (κ2) is 9.87. The number of aromatic nitrogens is 4. The zero-order valence-corrected chi connectivity index (χ0v) is 22.4. The molecular formula is C23H30ClN7O2SSi. The largest absolute Gasteiger partial charge is 0.390 e. The van der Waals surface area contributed by atoms with Crippen molar-refractivity contribution in [2.45, 2.75) is 54.9 Å². The minimum atomic E-state index is -0.146. The van der Waals surface area contributed by atoms with Crippen molar-refractivity contribution in [3.8, 4) is 0 Å². The summed E-state index contributed by atoms with van der Waals surface area (Å²) in [4.78, 5) is 12.2. The van der Waals surface area contributed by atoms with Crippen LogP contribution in [-0.2, 0) is 11.3 Å². The van der Waals surface area contributed by atoms with Gasteiger partial charge in [-0.1, -0.05) is 23.4 Å². The predicted octanol–water partition coefficient (Wildman–Crippen LogP) is 2.73. The number of nitrogens with zero attached hydrogens (tertiary/aromatic N) is 5. The van der Waals surface area contributed by atoms with E-state index >= 15 is 0 Å². The Balaban J connectivity index is 1.48. The van der Waals surface area contributed by atoms with E-state index in [0.717, 1.165) is 75.2 Å². The van der Waals surface area contributed by atoms with Crippen LogP contribution in [0.1, 0.15) is 31.2 Å². The Labute approximate surface area is 216 Å². The number of piperidine rings is 1. The molecule has 35 heavy (non-hydrogen) atoms. The van der Waals surface area contributed by atoms with Gasteiger partial charge >= 0.3 is 0 Å². The SMILES string of the molecule is Cc1nc(N2CCC3(CC2)CO[C@@H](C)C3[Si]CN)c2cc(CO)nn2c1Sc1ccnc(N)c1Cl. The summed E-state index contributed by atoms with van der Waals surface area (Å²) < 4.78 is 7.96. The fraction of sp³-hybridized carbons (Fsp3) is 0.522. The van der Waals surface area contributed by atoms with Crippen molar-refractivity contribution in [1.82, 2.24) is 19.6 Å². The van der Waals surface area contributed by atoms with Gasteiger partial charge in [0.2, 0.25) is 0 Å². The molecule has 5 N–H and O–H groups in total. The van der Waals surface area contributed by atoms with E-state index in [1.54, 1.807) is 6.20 Å². The molecular weight excluding hydrogens is 502 g/mol. The zero-order valence-electron chi connectivity index (χ0n) is 19.9. The molecule has 3 aromatic heterocycles. The molecule has 2 aliphatic heterocycles. The van der Waals surface area contributed by atoms with Crippen molar-refractivity contribution >= 4 is 50.0 Å². The Morgan fingerprint density at radius 2 is 2.14 bits per heavy atom. The number of fused-ring (bicyclic) bond motifs is 1. The summed E-state index contributed by atoms with van der Waals surface area (Å²) in [5, 5.41) is 15.7. The smallest absolute Gasteiger partial charge is 0.155 e. The molecule has 12 heteroatoms. The molecule has 1 spiro atoms. The number of ether oxygens (including phenoxy) is 1. The molecule has 0 bridgehead atoms. The molecule has 0 aromatic carbocycles. The van der Waals surface area contributed by atoms with Crippen LogP contribution in [0, 0.1) is 12.3 Å². The lowest BCUT2D eigenvalue weighted by Crippen LogP contribution is -2.45. The highest BCUT2D eigenvalue weighted by Gasteiger charge is 2.49. The number of aryl methyl sites for hydroxylation is 1. The summed E-state index contributed by atoms with van der Waals surface area (Å²) in [6.45, 7) is 6.61. The van der Waals surface area contributed by atoms with Crippen LogP contribution in [-0.4, -0.2) is 66.2 Å². The van der Waals surface area contributed by atoms with Crippen LogP contribution < -0.4 is 16.4 Å². The first-order valence-corrected chi connectivity index (χ1v) is 14.2. The fourth-order valence-corrected chi connectivity index (χ4v) is 7.99. The molecule has 0 amide bonds. The Kier molecular flexibility index (Phi) is 6.99. The van der Waals surface area contributed by atoms with Gasteiger partial charge in [-0.3, -0.25) is 0 Å². The van der Waals surface area contributed by atoms with Crippen LogP contribution in [0.2, 0.25) is 10.6 Å². The minimum Gasteiger partial charge on any atom is -0.390 e. The van der Waals surface area contributed by atoms with Gasteiger partial charge in [-0.05, 0) is 55.9 Å². The summed E-state index contributed by atoms with van der Waals surface area (Å²) in [6, 6.07) is 3.74. The molecule has 2 saturated heterocycles. The molecule has 9 nitrogen and oxygen atoms in total. The molecule has 2 radical (unpaired) electrons. The van der Waals surface area contributed by atoms with Gasteiger partial charge in [0.15, 0.2) is 5.82 Å². The van der Waals surface area contributed by atoms with Crippen molar-refractivity contribution in [2.24, 2.45) is 11.1 Å². The van der Waals surface area contributed by atoms with Crippen molar-refractivity contribution in [3.05, 3.63) is 34.7 Å². The van der Waals surface area contributed by atoms with Crippen LogP contribution in [0.3, 0.4) is 0 Å². The van der Waals surface area contributed by atoms with Crippen molar-refractivity contribution in [1.29, 1.82) is 0 Å². The van der Waals surface area contributed by atoms with Gasteiger partial charge in [-0.25, -0.2) is 14.5 Å². The Morgan fingerprint density at radius 1 is 1.37 bits per heavy atom. The number of aliphatic hydroxyl groups is 1. The Morgan fingerprint density at radius 3 is 2.86 bits per heavy atom. The van der Waals surface area contributed by atoms with Gasteiger partial charge in [0.05, 0.1) is 45.2 Å². The maximum Gasteiger partial charge on any atom is 0.155 e. The number of anilines is 2. The molecule has 2 fully saturated rings. The topological polar surface area (TPSA) is 128 Å². The molecule has 186 valence electrons. The zero-order chi connectivity index (χ0) is 24.7. The predicted molar refractivity (Wildman–Crippen MR) is 139 cm³/mol. The highest BCUT2D eigenvalue weighted by atomic mass is 35.5. The average Bonchev–Trinajstić information content (AvgIpc) is 3.42. The third-order valence-electron chi connectivity index (χ3n) is 7.17. The van der Waals surface area contributed by atoms with E-state index in [1.807, 2.05) is 23.6 Å². The number of rotatable bonds is 6.